The summed E-state index contributed by atoms with van der Waals surface area (Å²) in [5.41, 5.74) is -1.90. The van der Waals surface area contributed by atoms with Crippen LogP contribution in [0.4, 0.5) is 18.9 Å². The van der Waals surface area contributed by atoms with Gasteiger partial charge in [0, 0.05) is 5.56 Å². The first-order valence-electron chi connectivity index (χ1n) is 10.3. The van der Waals surface area contributed by atoms with Crippen LogP contribution in [0.2, 0.25) is 0 Å². The van der Waals surface area contributed by atoms with Gasteiger partial charge in [-0.2, -0.15) is 33.7 Å². The number of hydrogen-bond acceptors (Lipinski definition) is 7. The number of anilines is 1. The highest BCUT2D eigenvalue weighted by atomic mass is 19.4. The van der Waals surface area contributed by atoms with Gasteiger partial charge in [-0.25, -0.2) is 4.98 Å². The number of carbonyl (C=O) groups is 1. The second-order valence-corrected chi connectivity index (χ2v) is 7.55. The largest absolute Gasteiger partial charge is 0.420 e. The molecule has 0 atom stereocenters. The molecule has 1 saturated heterocycles. The maximum Gasteiger partial charge on any atom is 0.420 e. The number of halogens is 3. The lowest BCUT2D eigenvalue weighted by atomic mass is 10.0. The van der Waals surface area contributed by atoms with Gasteiger partial charge in [-0.1, -0.05) is 30.3 Å². The van der Waals surface area contributed by atoms with E-state index in [1.165, 1.54) is 36.8 Å². The first kappa shape index (κ1) is 22.2. The van der Waals surface area contributed by atoms with Gasteiger partial charge in [-0.15, -0.1) is 4.80 Å². The minimum Gasteiger partial charge on any atom is -0.377 e. The molecule has 13 heteroatoms. The molecule has 1 amide bonds. The van der Waals surface area contributed by atoms with Crippen molar-refractivity contribution in [2.24, 2.45) is 0 Å². The average molecular weight is 480 g/mol. The number of alkyl halides is 3. The fourth-order valence-electron chi connectivity index (χ4n) is 3.63. The van der Waals surface area contributed by atoms with Crippen LogP contribution < -0.4 is 5.32 Å². The molecule has 0 aliphatic carbocycles. The number of carbonyl (C=O) groups excluding carboxylic acids is 1. The molecule has 4 heterocycles. The molecule has 1 aromatic carbocycles. The van der Waals surface area contributed by atoms with E-state index in [0.29, 0.717) is 0 Å². The lowest BCUT2D eigenvalue weighted by Crippen LogP contribution is -2.35. The standard InChI is InChI=1S/C22H15F3N8O2/c23-22(24,25)17-18(13-4-2-1-3-5-13)31-32(16-11-35-12-16)19(17)21(34)30-15-8-14(9-26)20(27-10-15)33-28-6-7-29-33/h1-8,10,16H,11-12H2,(H,30,34). The van der Waals surface area contributed by atoms with Gasteiger partial charge in [0.05, 0.1) is 43.5 Å². The Morgan fingerprint density at radius 1 is 1.17 bits per heavy atom. The molecule has 176 valence electrons. The van der Waals surface area contributed by atoms with Crippen molar-refractivity contribution in [1.29, 1.82) is 5.26 Å². The van der Waals surface area contributed by atoms with E-state index >= 15 is 0 Å². The molecule has 10 nitrogen and oxygen atoms in total. The van der Waals surface area contributed by atoms with E-state index in [4.69, 9.17) is 4.74 Å². The fraction of sp³-hybridized carbons (Fsp3) is 0.182. The third kappa shape index (κ3) is 4.11. The first-order valence-corrected chi connectivity index (χ1v) is 10.3. The quantitative estimate of drug-likeness (QED) is 0.465. The summed E-state index contributed by atoms with van der Waals surface area (Å²) in [7, 11) is 0. The molecule has 0 unspecified atom stereocenters. The number of nitrogens with zero attached hydrogens (tertiary/aromatic N) is 7. The molecule has 1 fully saturated rings. The second kappa shape index (κ2) is 8.65. The van der Waals surface area contributed by atoms with E-state index in [1.807, 2.05) is 6.07 Å². The highest BCUT2D eigenvalue weighted by Crippen LogP contribution is 2.41. The van der Waals surface area contributed by atoms with Crippen LogP contribution in [0.25, 0.3) is 17.1 Å². The number of nitriles is 1. The minimum atomic E-state index is -4.87. The summed E-state index contributed by atoms with van der Waals surface area (Å²) < 4.78 is 49.0. The van der Waals surface area contributed by atoms with Crippen LogP contribution in [-0.2, 0) is 10.9 Å². The Morgan fingerprint density at radius 3 is 2.49 bits per heavy atom. The summed E-state index contributed by atoms with van der Waals surface area (Å²) in [5.74, 6) is -0.941. The predicted molar refractivity (Wildman–Crippen MR) is 114 cm³/mol. The molecule has 0 spiro atoms. The van der Waals surface area contributed by atoms with Crippen molar-refractivity contribution < 1.29 is 22.7 Å². The van der Waals surface area contributed by atoms with Crippen molar-refractivity contribution in [2.75, 3.05) is 18.5 Å². The smallest absolute Gasteiger partial charge is 0.377 e. The molecular weight excluding hydrogens is 465 g/mol. The van der Waals surface area contributed by atoms with E-state index < -0.39 is 29.4 Å². The highest BCUT2D eigenvalue weighted by molar-refractivity contribution is 6.05. The first-order chi connectivity index (χ1) is 16.9. The van der Waals surface area contributed by atoms with Gasteiger partial charge in [-0.3, -0.25) is 9.48 Å². The summed E-state index contributed by atoms with van der Waals surface area (Å²) >= 11 is 0. The molecule has 0 saturated carbocycles. The van der Waals surface area contributed by atoms with Gasteiger partial charge < -0.3 is 10.1 Å². The highest BCUT2D eigenvalue weighted by Gasteiger charge is 2.44. The van der Waals surface area contributed by atoms with Gasteiger partial charge in [-0.05, 0) is 6.07 Å². The molecule has 1 N–H and O–H groups in total. The van der Waals surface area contributed by atoms with E-state index in [-0.39, 0.29) is 41.5 Å². The molecule has 4 aromatic rings. The van der Waals surface area contributed by atoms with Gasteiger partial charge in [0.2, 0.25) is 0 Å². The number of benzene rings is 1. The van der Waals surface area contributed by atoms with Gasteiger partial charge >= 0.3 is 6.18 Å². The summed E-state index contributed by atoms with van der Waals surface area (Å²) in [6.45, 7) is 0.248. The lowest BCUT2D eigenvalue weighted by Gasteiger charge is -2.27. The average Bonchev–Trinajstić information content (AvgIpc) is 3.47. The molecule has 0 radical (unpaired) electrons. The van der Waals surface area contributed by atoms with Crippen molar-refractivity contribution in [3.05, 3.63) is 71.8 Å². The summed E-state index contributed by atoms with van der Waals surface area (Å²) in [6.07, 6.45) is -0.873. The van der Waals surface area contributed by atoms with Crippen molar-refractivity contribution in [3.63, 3.8) is 0 Å². The number of rotatable bonds is 5. The Bertz CT molecular complexity index is 1420. The molecule has 3 aromatic heterocycles. The summed E-state index contributed by atoms with van der Waals surface area (Å²) in [5, 5.41) is 23.9. The van der Waals surface area contributed by atoms with Gasteiger partial charge in [0.1, 0.15) is 28.6 Å². The number of nitrogens with one attached hydrogen (secondary N) is 1. The number of amides is 1. The predicted octanol–water partition coefficient (Wildman–Crippen LogP) is 3.24. The van der Waals surface area contributed by atoms with Crippen LogP contribution in [0.5, 0.6) is 0 Å². The van der Waals surface area contributed by atoms with E-state index in [0.717, 1.165) is 9.48 Å². The summed E-state index contributed by atoms with van der Waals surface area (Å²) in [4.78, 5) is 18.4. The van der Waals surface area contributed by atoms with Crippen LogP contribution in [0.3, 0.4) is 0 Å². The zero-order chi connectivity index (χ0) is 24.6. The Hall–Kier alpha value is -4.57. The van der Waals surface area contributed by atoms with Crippen LogP contribution in [0.15, 0.2) is 55.0 Å². The SMILES string of the molecule is N#Cc1cc(NC(=O)c2c(C(F)(F)F)c(-c3ccccc3)nn2C2COC2)cnc1-n1nccn1. The minimum absolute atomic E-state index is 0.0147. The fourth-order valence-corrected chi connectivity index (χ4v) is 3.63. The third-order valence-corrected chi connectivity index (χ3v) is 5.28. The van der Waals surface area contributed by atoms with Crippen molar-refractivity contribution in [3.8, 4) is 23.1 Å². The maximum atomic E-state index is 14.3. The molecule has 35 heavy (non-hydrogen) atoms. The van der Waals surface area contributed by atoms with Gasteiger partial charge in [0.25, 0.3) is 5.91 Å². The monoisotopic (exact) mass is 480 g/mol. The normalized spacial score (nSPS) is 13.8. The van der Waals surface area contributed by atoms with Crippen molar-refractivity contribution >= 4 is 11.6 Å². The Balaban J connectivity index is 1.58. The maximum absolute atomic E-state index is 14.3. The zero-order valence-electron chi connectivity index (χ0n) is 17.8. The molecular formula is C22H15F3N8O2. The Morgan fingerprint density at radius 2 is 1.89 bits per heavy atom. The van der Waals surface area contributed by atoms with E-state index in [9.17, 15) is 23.2 Å². The molecule has 1 aliphatic heterocycles. The molecule has 0 bridgehead atoms. The zero-order valence-corrected chi connectivity index (χ0v) is 17.8. The lowest BCUT2D eigenvalue weighted by molar-refractivity contribution is -0.137. The van der Waals surface area contributed by atoms with Crippen LogP contribution in [0.1, 0.15) is 27.7 Å². The number of hydrogen-bond donors (Lipinski definition) is 1. The van der Waals surface area contributed by atoms with Crippen LogP contribution in [-0.4, -0.2) is 48.9 Å². The Labute approximate surface area is 195 Å². The van der Waals surface area contributed by atoms with Gasteiger partial charge in [0.15, 0.2) is 5.82 Å². The van der Waals surface area contributed by atoms with Crippen molar-refractivity contribution in [1.82, 2.24) is 29.8 Å². The van der Waals surface area contributed by atoms with Crippen molar-refractivity contribution in [2.45, 2.75) is 12.2 Å². The van der Waals surface area contributed by atoms with E-state index in [1.54, 1.807) is 18.2 Å². The topological polar surface area (TPSA) is 124 Å². The number of pyridine rings is 1. The molecule has 1 aliphatic rings. The molecule has 5 rings (SSSR count). The van der Waals surface area contributed by atoms with Crippen LogP contribution >= 0.6 is 0 Å². The second-order valence-electron chi connectivity index (χ2n) is 7.55. The Kier molecular flexibility index (Phi) is 5.50. The third-order valence-electron chi connectivity index (χ3n) is 5.28. The number of aromatic nitrogens is 6. The van der Waals surface area contributed by atoms with Crippen LogP contribution in [0, 0.1) is 11.3 Å². The summed E-state index contributed by atoms with van der Waals surface area (Å²) in [6, 6.07) is 10.5. The van der Waals surface area contributed by atoms with E-state index in [2.05, 4.69) is 25.6 Å². The number of ether oxygens (including phenoxy) is 1.